The van der Waals surface area contributed by atoms with Crippen LogP contribution in [0.25, 0.3) is 0 Å². The predicted octanol–water partition coefficient (Wildman–Crippen LogP) is 3.51. The molecule has 0 heterocycles. The Morgan fingerprint density at radius 1 is 0.875 bits per heavy atom. The highest BCUT2D eigenvalue weighted by molar-refractivity contribution is 7.70. The van der Waals surface area contributed by atoms with Crippen molar-refractivity contribution in [2.24, 2.45) is 0 Å². The monoisotopic (exact) mass is 230 g/mol. The molecule has 0 aliphatic rings. The van der Waals surface area contributed by atoms with Gasteiger partial charge in [-0.15, -0.1) is 0 Å². The standard InChI is InChI=1S/C14H15OP/c1-16(15,14-10-6-3-7-11-14)12-13-8-4-2-5-9-13/h2-11H,12H2,1H3/t16-/m1/s1. The number of hydrogen-bond donors (Lipinski definition) is 0. The molecule has 2 heteroatoms. The molecule has 0 spiro atoms. The smallest absolute Gasteiger partial charge is 0.116 e. The van der Waals surface area contributed by atoms with Crippen LogP contribution in [0, 0.1) is 0 Å². The van der Waals surface area contributed by atoms with E-state index in [2.05, 4.69) is 0 Å². The van der Waals surface area contributed by atoms with Gasteiger partial charge in [-0.05, 0) is 12.2 Å². The number of benzene rings is 2. The summed E-state index contributed by atoms with van der Waals surface area (Å²) < 4.78 is 12.6. The van der Waals surface area contributed by atoms with Gasteiger partial charge in [-0.1, -0.05) is 60.7 Å². The minimum atomic E-state index is -2.27. The van der Waals surface area contributed by atoms with E-state index in [1.54, 1.807) is 0 Å². The van der Waals surface area contributed by atoms with Crippen LogP contribution in [0.15, 0.2) is 60.7 Å². The second-order valence-corrected chi connectivity index (χ2v) is 7.11. The first-order chi connectivity index (χ1) is 7.68. The van der Waals surface area contributed by atoms with Crippen LogP contribution >= 0.6 is 7.14 Å². The topological polar surface area (TPSA) is 17.1 Å². The van der Waals surface area contributed by atoms with Crippen molar-refractivity contribution in [3.63, 3.8) is 0 Å². The highest BCUT2D eigenvalue weighted by atomic mass is 31.2. The Balaban J connectivity index is 2.25. The summed E-state index contributed by atoms with van der Waals surface area (Å²) >= 11 is 0. The lowest BCUT2D eigenvalue weighted by Gasteiger charge is -2.13. The van der Waals surface area contributed by atoms with Gasteiger partial charge in [-0.2, -0.15) is 0 Å². The lowest BCUT2D eigenvalue weighted by atomic mass is 10.2. The molecule has 16 heavy (non-hydrogen) atoms. The largest absolute Gasteiger partial charge is 0.319 e. The van der Waals surface area contributed by atoms with Crippen molar-refractivity contribution in [2.45, 2.75) is 6.16 Å². The quantitative estimate of drug-likeness (QED) is 0.737. The maximum absolute atomic E-state index is 12.6. The van der Waals surface area contributed by atoms with E-state index in [1.807, 2.05) is 67.3 Å². The van der Waals surface area contributed by atoms with E-state index in [0.717, 1.165) is 10.9 Å². The van der Waals surface area contributed by atoms with Crippen LogP contribution in [-0.2, 0) is 10.7 Å². The minimum Gasteiger partial charge on any atom is -0.319 e. The van der Waals surface area contributed by atoms with Gasteiger partial charge in [0.25, 0.3) is 0 Å². The molecule has 0 aromatic heterocycles. The summed E-state index contributed by atoms with van der Waals surface area (Å²) in [5.41, 5.74) is 1.14. The third-order valence-corrected chi connectivity index (χ3v) is 4.99. The van der Waals surface area contributed by atoms with Gasteiger partial charge in [0.15, 0.2) is 0 Å². The van der Waals surface area contributed by atoms with Crippen LogP contribution in [0.1, 0.15) is 5.56 Å². The average molecular weight is 230 g/mol. The fourth-order valence-corrected chi connectivity index (χ4v) is 3.66. The van der Waals surface area contributed by atoms with E-state index in [4.69, 9.17) is 0 Å². The fourth-order valence-electron chi connectivity index (χ4n) is 1.77. The van der Waals surface area contributed by atoms with Crippen molar-refractivity contribution in [1.29, 1.82) is 0 Å². The molecule has 0 aliphatic heterocycles. The number of hydrogen-bond acceptors (Lipinski definition) is 1. The summed E-state index contributed by atoms with van der Waals surface area (Å²) in [5, 5.41) is 0.957. The summed E-state index contributed by atoms with van der Waals surface area (Å²) in [6.07, 6.45) is 0.637. The molecule has 0 radical (unpaired) electrons. The Morgan fingerprint density at radius 2 is 1.38 bits per heavy atom. The van der Waals surface area contributed by atoms with Gasteiger partial charge in [0.1, 0.15) is 7.14 Å². The second kappa shape index (κ2) is 4.67. The Morgan fingerprint density at radius 3 is 1.94 bits per heavy atom. The zero-order valence-corrected chi connectivity index (χ0v) is 10.2. The Bertz CT molecular complexity index is 491. The van der Waals surface area contributed by atoms with Crippen LogP contribution in [-0.4, -0.2) is 6.66 Å². The second-order valence-electron chi connectivity index (χ2n) is 4.08. The van der Waals surface area contributed by atoms with Crippen LogP contribution in [0.4, 0.5) is 0 Å². The fraction of sp³-hybridized carbons (Fsp3) is 0.143. The molecule has 1 atom stereocenters. The molecule has 0 saturated heterocycles. The van der Waals surface area contributed by atoms with Gasteiger partial charge in [0.05, 0.1) is 0 Å². The van der Waals surface area contributed by atoms with Gasteiger partial charge >= 0.3 is 0 Å². The number of rotatable bonds is 3. The first-order valence-electron chi connectivity index (χ1n) is 5.34. The van der Waals surface area contributed by atoms with Crippen molar-refractivity contribution >= 4 is 12.4 Å². The molecule has 0 unspecified atom stereocenters. The molecule has 2 rings (SSSR count). The van der Waals surface area contributed by atoms with E-state index in [1.165, 1.54) is 0 Å². The highest BCUT2D eigenvalue weighted by Crippen LogP contribution is 2.43. The van der Waals surface area contributed by atoms with E-state index < -0.39 is 7.14 Å². The Kier molecular flexibility index (Phi) is 3.26. The predicted molar refractivity (Wildman–Crippen MR) is 69.8 cm³/mol. The lowest BCUT2D eigenvalue weighted by molar-refractivity contribution is 0.584. The van der Waals surface area contributed by atoms with Gasteiger partial charge in [0.2, 0.25) is 0 Å². The summed E-state index contributed by atoms with van der Waals surface area (Å²) in [4.78, 5) is 0. The van der Waals surface area contributed by atoms with Crippen LogP contribution in [0.3, 0.4) is 0 Å². The molecular weight excluding hydrogens is 215 g/mol. The van der Waals surface area contributed by atoms with E-state index in [-0.39, 0.29) is 0 Å². The molecule has 0 fully saturated rings. The molecule has 2 aromatic rings. The van der Waals surface area contributed by atoms with E-state index >= 15 is 0 Å². The normalized spacial score (nSPS) is 14.3. The van der Waals surface area contributed by atoms with Crippen molar-refractivity contribution in [3.8, 4) is 0 Å². The highest BCUT2D eigenvalue weighted by Gasteiger charge is 2.17. The van der Waals surface area contributed by atoms with Crippen LogP contribution in [0.2, 0.25) is 0 Å². The van der Waals surface area contributed by atoms with Crippen molar-refractivity contribution < 1.29 is 4.57 Å². The summed E-state index contributed by atoms with van der Waals surface area (Å²) in [5.74, 6) is 0. The molecule has 0 bridgehead atoms. The summed E-state index contributed by atoms with van der Waals surface area (Å²) in [6.45, 7) is 1.86. The first kappa shape index (κ1) is 11.2. The third-order valence-electron chi connectivity index (χ3n) is 2.63. The summed E-state index contributed by atoms with van der Waals surface area (Å²) in [7, 11) is -2.27. The zero-order chi connectivity index (χ0) is 11.4. The van der Waals surface area contributed by atoms with Crippen molar-refractivity contribution in [1.82, 2.24) is 0 Å². The molecule has 0 saturated carbocycles. The SMILES string of the molecule is C[P@@](=O)(Cc1ccccc1)c1ccccc1. The van der Waals surface area contributed by atoms with Crippen molar-refractivity contribution in [3.05, 3.63) is 66.2 Å². The molecule has 0 N–H and O–H groups in total. The molecule has 2 aromatic carbocycles. The van der Waals surface area contributed by atoms with Gasteiger partial charge in [-0.25, -0.2) is 0 Å². The first-order valence-corrected chi connectivity index (χ1v) is 7.68. The zero-order valence-electron chi connectivity index (χ0n) is 9.34. The van der Waals surface area contributed by atoms with Gasteiger partial charge in [-0.3, -0.25) is 0 Å². The molecule has 1 nitrogen and oxygen atoms in total. The van der Waals surface area contributed by atoms with Gasteiger partial charge < -0.3 is 4.57 Å². The summed E-state index contributed by atoms with van der Waals surface area (Å²) in [6, 6.07) is 19.7. The molecule has 0 aliphatic carbocycles. The van der Waals surface area contributed by atoms with Gasteiger partial charge in [0, 0.05) is 11.5 Å². The van der Waals surface area contributed by atoms with E-state index in [0.29, 0.717) is 6.16 Å². The Labute approximate surface area is 96.5 Å². The third kappa shape index (κ3) is 2.62. The molecular formula is C14H15OP. The minimum absolute atomic E-state index is 0.637. The molecule has 0 amide bonds. The van der Waals surface area contributed by atoms with Crippen molar-refractivity contribution in [2.75, 3.05) is 6.66 Å². The maximum Gasteiger partial charge on any atom is 0.116 e. The average Bonchev–Trinajstić information content (AvgIpc) is 2.31. The lowest BCUT2D eigenvalue weighted by Crippen LogP contribution is -2.04. The Hall–Kier alpha value is -1.33. The van der Waals surface area contributed by atoms with E-state index in [9.17, 15) is 4.57 Å². The van der Waals surface area contributed by atoms with Crippen LogP contribution in [0.5, 0.6) is 0 Å². The maximum atomic E-state index is 12.6. The van der Waals surface area contributed by atoms with Crippen LogP contribution < -0.4 is 5.30 Å². The molecule has 82 valence electrons.